The summed E-state index contributed by atoms with van der Waals surface area (Å²) < 4.78 is 66.2. The monoisotopic (exact) mass is 516 g/mol. The average Bonchev–Trinajstić information content (AvgIpc) is 2.83. The van der Waals surface area contributed by atoms with Gasteiger partial charge in [0.25, 0.3) is 0 Å². The molecule has 0 unspecified atom stereocenters. The van der Waals surface area contributed by atoms with Gasteiger partial charge in [-0.05, 0) is 61.4 Å². The Labute approximate surface area is 211 Å². The molecule has 3 aromatic rings. The first-order valence-corrected chi connectivity index (χ1v) is 12.8. The maximum Gasteiger partial charge on any atom is 0.306 e. The minimum atomic E-state index is -3.97. The van der Waals surface area contributed by atoms with Gasteiger partial charge >= 0.3 is 10.1 Å². The Balaban J connectivity index is 2.27. The van der Waals surface area contributed by atoms with E-state index < -0.39 is 15.9 Å². The number of allylic oxidation sites excluding steroid dienone is 1. The molecule has 0 radical (unpaired) electrons. The van der Waals surface area contributed by atoms with Crippen LogP contribution in [-0.4, -0.2) is 42.6 Å². The van der Waals surface area contributed by atoms with Crippen molar-refractivity contribution in [1.82, 2.24) is 0 Å². The Morgan fingerprint density at radius 2 is 1.47 bits per heavy atom. The SMILES string of the molecule is COc1cc(-c2c(OC)cc(-c3ccc(F)cc3)c(OC)c2OS(C)(=O)=O)ccc1OCC=C(C)C. The van der Waals surface area contributed by atoms with Gasteiger partial charge in [-0.2, -0.15) is 8.42 Å². The summed E-state index contributed by atoms with van der Waals surface area (Å²) in [5.74, 6) is 0.924. The van der Waals surface area contributed by atoms with E-state index in [1.807, 2.05) is 19.9 Å². The van der Waals surface area contributed by atoms with Gasteiger partial charge in [-0.25, -0.2) is 4.39 Å². The van der Waals surface area contributed by atoms with E-state index >= 15 is 0 Å². The highest BCUT2D eigenvalue weighted by Crippen LogP contribution is 2.51. The second-order valence-electron chi connectivity index (χ2n) is 8.12. The Kier molecular flexibility index (Phi) is 8.47. The Hall–Kier alpha value is -3.72. The molecule has 0 aromatic heterocycles. The van der Waals surface area contributed by atoms with E-state index in [-0.39, 0.29) is 11.5 Å². The van der Waals surface area contributed by atoms with Crippen LogP contribution in [0.2, 0.25) is 0 Å². The molecule has 3 rings (SSSR count). The molecule has 7 nitrogen and oxygen atoms in total. The Morgan fingerprint density at radius 1 is 0.833 bits per heavy atom. The minimum absolute atomic E-state index is 0.0704. The van der Waals surface area contributed by atoms with Crippen LogP contribution < -0.4 is 23.1 Å². The summed E-state index contributed by atoms with van der Waals surface area (Å²) in [5, 5.41) is 0. The van der Waals surface area contributed by atoms with Gasteiger partial charge in [0.05, 0.1) is 33.1 Å². The van der Waals surface area contributed by atoms with Crippen molar-refractivity contribution >= 4 is 10.1 Å². The molecule has 36 heavy (non-hydrogen) atoms. The van der Waals surface area contributed by atoms with Crippen LogP contribution in [0, 0.1) is 5.82 Å². The summed E-state index contributed by atoms with van der Waals surface area (Å²) in [6.07, 6.45) is 2.88. The lowest BCUT2D eigenvalue weighted by Gasteiger charge is -2.21. The third-order valence-corrected chi connectivity index (χ3v) is 5.67. The molecule has 0 amide bonds. The van der Waals surface area contributed by atoms with Gasteiger partial charge in [0.2, 0.25) is 0 Å². The van der Waals surface area contributed by atoms with E-state index in [0.29, 0.717) is 46.1 Å². The molecule has 9 heteroatoms. The average molecular weight is 517 g/mol. The molecule has 0 aliphatic carbocycles. The van der Waals surface area contributed by atoms with E-state index in [4.69, 9.17) is 23.1 Å². The van der Waals surface area contributed by atoms with Crippen molar-refractivity contribution in [3.63, 3.8) is 0 Å². The fourth-order valence-electron chi connectivity index (χ4n) is 3.57. The largest absolute Gasteiger partial charge is 0.496 e. The van der Waals surface area contributed by atoms with Crippen molar-refractivity contribution in [1.29, 1.82) is 0 Å². The Bertz CT molecular complexity index is 1360. The third kappa shape index (κ3) is 6.28. The third-order valence-electron chi connectivity index (χ3n) is 5.20. The molecular weight excluding hydrogens is 487 g/mol. The molecule has 0 aliphatic rings. The van der Waals surface area contributed by atoms with Crippen LogP contribution in [0.15, 0.2) is 60.2 Å². The molecule has 0 saturated heterocycles. The van der Waals surface area contributed by atoms with Crippen LogP contribution in [0.4, 0.5) is 4.39 Å². The number of hydrogen-bond acceptors (Lipinski definition) is 7. The van der Waals surface area contributed by atoms with Crippen LogP contribution >= 0.6 is 0 Å². The highest BCUT2D eigenvalue weighted by atomic mass is 32.2. The normalized spacial score (nSPS) is 11.0. The van der Waals surface area contributed by atoms with Gasteiger partial charge in [0.1, 0.15) is 18.2 Å². The second kappa shape index (κ2) is 11.3. The van der Waals surface area contributed by atoms with E-state index in [2.05, 4.69) is 0 Å². The van der Waals surface area contributed by atoms with Crippen LogP contribution in [-0.2, 0) is 10.1 Å². The van der Waals surface area contributed by atoms with Crippen molar-refractivity contribution in [2.75, 3.05) is 34.2 Å². The van der Waals surface area contributed by atoms with Gasteiger partial charge < -0.3 is 23.1 Å². The molecule has 0 fully saturated rings. The fourth-order valence-corrected chi connectivity index (χ4v) is 4.03. The smallest absolute Gasteiger partial charge is 0.306 e. The highest BCUT2D eigenvalue weighted by molar-refractivity contribution is 7.86. The summed E-state index contributed by atoms with van der Waals surface area (Å²) in [6, 6.07) is 12.5. The molecule has 0 heterocycles. The van der Waals surface area contributed by atoms with Crippen molar-refractivity contribution in [2.24, 2.45) is 0 Å². The number of hydrogen-bond donors (Lipinski definition) is 0. The summed E-state index contributed by atoms with van der Waals surface area (Å²) in [5.41, 5.74) is 3.04. The molecule has 3 aromatic carbocycles. The predicted octanol–water partition coefficient (Wildman–Crippen LogP) is 5.87. The molecule has 0 aliphatic heterocycles. The molecule has 0 bridgehead atoms. The topological polar surface area (TPSA) is 80.3 Å². The van der Waals surface area contributed by atoms with Crippen molar-refractivity contribution < 1.29 is 35.9 Å². The van der Waals surface area contributed by atoms with Crippen molar-refractivity contribution in [3.05, 3.63) is 66.0 Å². The molecule has 0 atom stereocenters. The number of halogens is 1. The van der Waals surface area contributed by atoms with Gasteiger partial charge in [-0.1, -0.05) is 23.8 Å². The molecular formula is C27H29FO7S. The van der Waals surface area contributed by atoms with Crippen molar-refractivity contribution in [2.45, 2.75) is 13.8 Å². The lowest BCUT2D eigenvalue weighted by molar-refractivity contribution is 0.326. The second-order valence-corrected chi connectivity index (χ2v) is 9.69. The summed E-state index contributed by atoms with van der Waals surface area (Å²) >= 11 is 0. The van der Waals surface area contributed by atoms with E-state index in [9.17, 15) is 12.8 Å². The van der Waals surface area contributed by atoms with Crippen molar-refractivity contribution in [3.8, 4) is 51.0 Å². The maximum atomic E-state index is 13.6. The quantitative estimate of drug-likeness (QED) is 0.246. The zero-order valence-electron chi connectivity index (χ0n) is 21.0. The zero-order valence-corrected chi connectivity index (χ0v) is 21.9. The van der Waals surface area contributed by atoms with Crippen LogP contribution in [0.5, 0.6) is 28.7 Å². The van der Waals surface area contributed by atoms with E-state index in [0.717, 1.165) is 11.8 Å². The first-order chi connectivity index (χ1) is 17.1. The number of rotatable bonds is 10. The number of benzene rings is 3. The lowest BCUT2D eigenvalue weighted by atomic mass is 9.96. The Morgan fingerprint density at radius 3 is 2.03 bits per heavy atom. The molecule has 0 N–H and O–H groups in total. The standard InChI is InChI=1S/C27H29FO7S/c1-17(2)13-14-34-22-12-9-19(15-23(22)31-3)25-24(32-4)16-21(18-7-10-20(28)11-8-18)26(33-5)27(25)35-36(6,29)30/h7-13,15-16H,14H2,1-6H3. The molecule has 192 valence electrons. The minimum Gasteiger partial charge on any atom is -0.496 e. The first kappa shape index (κ1) is 26.9. The fraction of sp³-hybridized carbons (Fsp3) is 0.259. The molecule has 0 spiro atoms. The van der Waals surface area contributed by atoms with Gasteiger partial charge in [-0.15, -0.1) is 0 Å². The van der Waals surface area contributed by atoms with Gasteiger partial charge in [0.15, 0.2) is 23.0 Å². The van der Waals surface area contributed by atoms with Crippen LogP contribution in [0.3, 0.4) is 0 Å². The lowest BCUT2D eigenvalue weighted by Crippen LogP contribution is -2.09. The number of methoxy groups -OCH3 is 3. The van der Waals surface area contributed by atoms with E-state index in [1.54, 1.807) is 36.4 Å². The van der Waals surface area contributed by atoms with Gasteiger partial charge in [-0.3, -0.25) is 0 Å². The van der Waals surface area contributed by atoms with Gasteiger partial charge in [0, 0.05) is 5.56 Å². The zero-order chi connectivity index (χ0) is 26.5. The first-order valence-electron chi connectivity index (χ1n) is 11.0. The molecule has 0 saturated carbocycles. The summed E-state index contributed by atoms with van der Waals surface area (Å²) in [4.78, 5) is 0. The van der Waals surface area contributed by atoms with Crippen LogP contribution in [0.25, 0.3) is 22.3 Å². The summed E-state index contributed by atoms with van der Waals surface area (Å²) in [7, 11) is 0.391. The van der Waals surface area contributed by atoms with E-state index in [1.165, 1.54) is 33.5 Å². The maximum absolute atomic E-state index is 13.6. The predicted molar refractivity (Wildman–Crippen MR) is 137 cm³/mol. The highest BCUT2D eigenvalue weighted by Gasteiger charge is 2.27. The summed E-state index contributed by atoms with van der Waals surface area (Å²) in [6.45, 7) is 4.31. The van der Waals surface area contributed by atoms with Crippen LogP contribution in [0.1, 0.15) is 13.8 Å². The number of ether oxygens (including phenoxy) is 4.